The first-order valence-electron chi connectivity index (χ1n) is 13.9. The zero-order valence-corrected chi connectivity index (χ0v) is 22.2. The second kappa shape index (κ2) is 7.55. The van der Waals surface area contributed by atoms with Gasteiger partial charge in [0, 0.05) is 5.41 Å². The fourth-order valence-electron chi connectivity index (χ4n) is 9.91. The molecule has 6 aliphatic rings. The summed E-state index contributed by atoms with van der Waals surface area (Å²) >= 11 is 0. The Morgan fingerprint density at radius 3 is 2.36 bits per heavy atom. The standard InChI is InChI=1S/C31H39NO4/c1-17(2)21-16-31-14-11-22-29(4,12-6-13-30(22,5)28(35)36)23(31)15-20(21)24-25(31)27(34)32(26(24)33)19-9-7-18(3)8-10-19/h7-10,16-17,20,22-25H,6,11-15H2,1-5H3,(H,35,36)/t20-,22+,23+,24-,25-,29-,30+,31-/m0/s1. The van der Waals surface area contributed by atoms with Gasteiger partial charge in [-0.2, -0.15) is 0 Å². The molecule has 7 rings (SSSR count). The summed E-state index contributed by atoms with van der Waals surface area (Å²) in [7, 11) is 0. The molecule has 0 radical (unpaired) electrons. The Hall–Kier alpha value is -2.43. The van der Waals surface area contributed by atoms with E-state index in [1.807, 2.05) is 38.1 Å². The summed E-state index contributed by atoms with van der Waals surface area (Å²) in [5.41, 5.74) is 1.89. The number of nitrogens with zero attached hydrogens (tertiary/aromatic N) is 1. The number of anilines is 1. The molecule has 192 valence electrons. The number of carbonyl (C=O) groups excluding carboxylic acids is 2. The highest BCUT2D eigenvalue weighted by Gasteiger charge is 2.73. The van der Waals surface area contributed by atoms with Crippen LogP contribution in [0.3, 0.4) is 0 Å². The van der Waals surface area contributed by atoms with Gasteiger partial charge < -0.3 is 5.11 Å². The zero-order valence-electron chi connectivity index (χ0n) is 22.2. The Morgan fingerprint density at radius 2 is 1.72 bits per heavy atom. The SMILES string of the molecule is Cc1ccc(N2C(=O)[C@@H]3[C@@H](C2=O)[C@@]24C=C(C(C)C)[C@@H]3C[C@@H]2[C@@]2(C)CCC[C@@](C)(C(=O)O)[C@@H]2CC4)cc1. The highest BCUT2D eigenvalue weighted by atomic mass is 16.4. The smallest absolute Gasteiger partial charge is 0.309 e. The molecule has 5 aliphatic carbocycles. The highest BCUT2D eigenvalue weighted by molar-refractivity contribution is 6.23. The van der Waals surface area contributed by atoms with E-state index in [1.165, 1.54) is 10.5 Å². The molecule has 0 unspecified atom stereocenters. The number of fused-ring (bicyclic) bond motifs is 1. The summed E-state index contributed by atoms with van der Waals surface area (Å²) in [6.07, 6.45) is 7.58. The quantitative estimate of drug-likeness (QED) is 0.417. The van der Waals surface area contributed by atoms with Gasteiger partial charge in [0.1, 0.15) is 0 Å². The highest BCUT2D eigenvalue weighted by Crippen LogP contribution is 2.74. The van der Waals surface area contributed by atoms with Gasteiger partial charge in [0.05, 0.1) is 22.9 Å². The van der Waals surface area contributed by atoms with Gasteiger partial charge >= 0.3 is 5.97 Å². The van der Waals surface area contributed by atoms with Gasteiger partial charge in [0.2, 0.25) is 11.8 Å². The van der Waals surface area contributed by atoms with Crippen LogP contribution < -0.4 is 4.90 Å². The molecular weight excluding hydrogens is 450 g/mol. The summed E-state index contributed by atoms with van der Waals surface area (Å²) < 4.78 is 0. The summed E-state index contributed by atoms with van der Waals surface area (Å²) in [4.78, 5) is 42.3. The van der Waals surface area contributed by atoms with Gasteiger partial charge in [0.25, 0.3) is 0 Å². The first kappa shape index (κ1) is 23.9. The fourth-order valence-corrected chi connectivity index (χ4v) is 9.91. The zero-order chi connectivity index (χ0) is 25.8. The van der Waals surface area contributed by atoms with Gasteiger partial charge in [-0.05, 0) is 87.2 Å². The number of hydrogen-bond donors (Lipinski definition) is 1. The third-order valence-electron chi connectivity index (χ3n) is 11.5. The van der Waals surface area contributed by atoms with E-state index in [1.54, 1.807) is 0 Å². The number of carboxylic acid groups (broad SMARTS) is 1. The first-order valence-corrected chi connectivity index (χ1v) is 13.9. The Balaban J connectivity index is 1.49. The number of amides is 2. The molecule has 4 fully saturated rings. The lowest BCUT2D eigenvalue weighted by atomic mass is 9.34. The molecule has 3 saturated carbocycles. The van der Waals surface area contributed by atoms with Crippen LogP contribution in [0.15, 0.2) is 35.9 Å². The van der Waals surface area contributed by atoms with Crippen molar-refractivity contribution in [3.63, 3.8) is 0 Å². The van der Waals surface area contributed by atoms with Gasteiger partial charge in [-0.3, -0.25) is 19.3 Å². The summed E-state index contributed by atoms with van der Waals surface area (Å²) in [5, 5.41) is 10.3. The van der Waals surface area contributed by atoms with E-state index in [9.17, 15) is 19.5 Å². The maximum Gasteiger partial charge on any atom is 0.309 e. The molecule has 1 heterocycles. The number of aliphatic carboxylic acids is 1. The van der Waals surface area contributed by atoms with Crippen LogP contribution in [-0.4, -0.2) is 22.9 Å². The maximum atomic E-state index is 14.2. The number of imide groups is 1. The Morgan fingerprint density at radius 1 is 1.03 bits per heavy atom. The molecule has 5 heteroatoms. The third kappa shape index (κ3) is 2.80. The number of carbonyl (C=O) groups is 3. The van der Waals surface area contributed by atoms with Crippen LogP contribution in [0.5, 0.6) is 0 Å². The van der Waals surface area contributed by atoms with E-state index in [0.29, 0.717) is 11.6 Å². The predicted octanol–water partition coefficient (Wildman–Crippen LogP) is 6.01. The number of carboxylic acids is 1. The monoisotopic (exact) mass is 489 g/mol. The third-order valence-corrected chi connectivity index (χ3v) is 11.5. The number of allylic oxidation sites excluding steroid dienone is 2. The van der Waals surface area contributed by atoms with E-state index in [4.69, 9.17) is 0 Å². The number of aryl methyl sites for hydroxylation is 1. The average Bonchev–Trinajstić information content (AvgIpc) is 3.11. The number of rotatable bonds is 3. The molecule has 5 nitrogen and oxygen atoms in total. The van der Waals surface area contributed by atoms with Crippen molar-refractivity contribution >= 4 is 23.5 Å². The lowest BCUT2D eigenvalue weighted by Crippen LogP contribution is -2.65. The summed E-state index contributed by atoms with van der Waals surface area (Å²) in [6, 6.07) is 7.72. The molecule has 1 aromatic carbocycles. The fraction of sp³-hybridized carbons (Fsp3) is 0.645. The lowest BCUT2D eigenvalue weighted by molar-refractivity contribution is -0.194. The van der Waals surface area contributed by atoms with Crippen LogP contribution in [0.4, 0.5) is 5.69 Å². The second-order valence-corrected chi connectivity index (χ2v) is 13.3. The van der Waals surface area contributed by atoms with E-state index < -0.39 is 11.4 Å². The van der Waals surface area contributed by atoms with Crippen LogP contribution in [0, 0.1) is 58.7 Å². The summed E-state index contributed by atoms with van der Waals surface area (Å²) in [6.45, 7) is 10.7. The molecular formula is C31H39NO4. The van der Waals surface area contributed by atoms with E-state index in [-0.39, 0.29) is 52.2 Å². The Labute approximate surface area is 214 Å². The molecule has 1 saturated heterocycles. The van der Waals surface area contributed by atoms with Gasteiger partial charge in [-0.15, -0.1) is 0 Å². The van der Waals surface area contributed by atoms with Gasteiger partial charge in [-0.25, -0.2) is 0 Å². The van der Waals surface area contributed by atoms with Crippen LogP contribution in [-0.2, 0) is 14.4 Å². The van der Waals surface area contributed by atoms with Gasteiger partial charge in [-0.1, -0.05) is 56.5 Å². The molecule has 8 atom stereocenters. The summed E-state index contributed by atoms with van der Waals surface area (Å²) in [5.74, 6) is -0.679. The number of benzene rings is 1. The van der Waals surface area contributed by atoms with Crippen molar-refractivity contribution < 1.29 is 19.5 Å². The minimum atomic E-state index is -0.723. The van der Waals surface area contributed by atoms with Gasteiger partial charge in [0.15, 0.2) is 0 Å². The predicted molar refractivity (Wildman–Crippen MR) is 138 cm³/mol. The molecule has 2 bridgehead atoms. The minimum Gasteiger partial charge on any atom is -0.481 e. The van der Waals surface area contributed by atoms with Crippen molar-refractivity contribution in [3.05, 3.63) is 41.5 Å². The van der Waals surface area contributed by atoms with Crippen LogP contribution in [0.1, 0.15) is 71.8 Å². The molecule has 2 amide bonds. The second-order valence-electron chi connectivity index (χ2n) is 13.3. The molecule has 36 heavy (non-hydrogen) atoms. The Kier molecular flexibility index (Phi) is 5.02. The first-order chi connectivity index (χ1) is 17.0. The Bertz CT molecular complexity index is 1180. The molecule has 1 aromatic rings. The van der Waals surface area contributed by atoms with Crippen LogP contribution in [0.25, 0.3) is 0 Å². The largest absolute Gasteiger partial charge is 0.481 e. The van der Waals surface area contributed by atoms with Crippen LogP contribution in [0.2, 0.25) is 0 Å². The molecule has 1 N–H and O–H groups in total. The van der Waals surface area contributed by atoms with E-state index in [0.717, 1.165) is 44.1 Å². The van der Waals surface area contributed by atoms with E-state index in [2.05, 4.69) is 26.8 Å². The maximum absolute atomic E-state index is 14.2. The molecule has 1 aliphatic heterocycles. The number of hydrogen-bond acceptors (Lipinski definition) is 3. The lowest BCUT2D eigenvalue weighted by Gasteiger charge is -2.68. The van der Waals surface area contributed by atoms with Crippen molar-refractivity contribution in [3.8, 4) is 0 Å². The molecule has 1 spiro atoms. The van der Waals surface area contributed by atoms with Crippen molar-refractivity contribution in [1.29, 1.82) is 0 Å². The van der Waals surface area contributed by atoms with E-state index >= 15 is 0 Å². The minimum absolute atomic E-state index is 0.0331. The van der Waals surface area contributed by atoms with Crippen molar-refractivity contribution in [2.24, 2.45) is 51.8 Å². The van der Waals surface area contributed by atoms with Crippen molar-refractivity contribution in [1.82, 2.24) is 0 Å². The average molecular weight is 490 g/mol. The topological polar surface area (TPSA) is 74.7 Å². The van der Waals surface area contributed by atoms with Crippen molar-refractivity contribution in [2.45, 2.75) is 73.1 Å². The normalized spacial score (nSPS) is 43.2. The van der Waals surface area contributed by atoms with Crippen LogP contribution >= 0.6 is 0 Å². The van der Waals surface area contributed by atoms with Crippen molar-refractivity contribution in [2.75, 3.05) is 4.90 Å². The molecule has 0 aromatic heterocycles.